The molecule has 0 N–H and O–H groups in total. The molecule has 0 aromatic heterocycles. The zero-order valence-electron chi connectivity index (χ0n) is 29.3. The van der Waals surface area contributed by atoms with Gasteiger partial charge in [-0.05, 0) is 0 Å². The van der Waals surface area contributed by atoms with Crippen molar-refractivity contribution in [2.24, 2.45) is 17.8 Å². The fourth-order valence-corrected chi connectivity index (χ4v) is 35.9. The molecule has 0 radical (unpaired) electrons. The Hall–Kier alpha value is 0.259. The summed E-state index contributed by atoms with van der Waals surface area (Å²) in [7, 11) is 5.69. The van der Waals surface area contributed by atoms with Gasteiger partial charge in [0.15, 0.2) is 0 Å². The second-order valence-corrected chi connectivity index (χ2v) is 49.1. The number of ether oxygens (including phenoxy) is 3. The van der Waals surface area contributed by atoms with Crippen molar-refractivity contribution < 1.29 is 28.6 Å². The van der Waals surface area contributed by atoms with E-state index in [-0.39, 0.29) is 17.9 Å². The molecular weight excluding hydrogens is 719 g/mol. The van der Waals surface area contributed by atoms with E-state index >= 15 is 0 Å². The molecule has 0 amide bonds. The summed E-state index contributed by atoms with van der Waals surface area (Å²) in [6.45, 7) is 14.9. The first-order chi connectivity index (χ1) is 20.9. The molecule has 0 aliphatic heterocycles. The van der Waals surface area contributed by atoms with Crippen molar-refractivity contribution in [3.63, 3.8) is 0 Å². The maximum atomic E-state index is 12.3. The predicted molar refractivity (Wildman–Crippen MR) is 196 cm³/mol. The molecule has 260 valence electrons. The third-order valence-electron chi connectivity index (χ3n) is 7.08. The van der Waals surface area contributed by atoms with Crippen LogP contribution in [0, 0.1) is 17.8 Å². The quantitative estimate of drug-likeness (QED) is 0.0306. The standard InChI is InChI=1S/3C11H22O2S.CH3.Sn/c3*1-10(2)6-4-3-5-8-13-11(12)7-9-14;;/h3*10,14H,3-9H2,1-2H3;1H3;/q;;;;+3/p-3. The van der Waals surface area contributed by atoms with Crippen LogP contribution in [0.1, 0.15) is 138 Å². The molecule has 10 heteroatoms. The molecule has 0 atom stereocenters. The SMILES string of the molecule is CC(C)CCCCCOC(=O)CC[S][Sn]([CH3])([S]CCC(=O)OCCCCCC(C)C)[S]CCC(=O)OCCCCCC(C)C. The van der Waals surface area contributed by atoms with Crippen LogP contribution in [0.3, 0.4) is 0 Å². The van der Waals surface area contributed by atoms with Gasteiger partial charge in [-0.2, -0.15) is 0 Å². The molecule has 0 aromatic rings. The molecule has 0 saturated heterocycles. The zero-order valence-corrected chi connectivity index (χ0v) is 34.6. The normalized spacial score (nSPS) is 11.9. The summed E-state index contributed by atoms with van der Waals surface area (Å²) in [5.41, 5.74) is 0. The van der Waals surface area contributed by atoms with E-state index in [4.69, 9.17) is 14.2 Å². The van der Waals surface area contributed by atoms with Gasteiger partial charge in [0.05, 0.1) is 0 Å². The molecule has 6 nitrogen and oxygen atoms in total. The van der Waals surface area contributed by atoms with Gasteiger partial charge in [0.2, 0.25) is 0 Å². The van der Waals surface area contributed by atoms with Crippen LogP contribution >= 0.6 is 26.8 Å². The van der Waals surface area contributed by atoms with Gasteiger partial charge in [-0.3, -0.25) is 0 Å². The van der Waals surface area contributed by atoms with Crippen LogP contribution in [0.15, 0.2) is 0 Å². The number of esters is 3. The molecule has 0 fully saturated rings. The van der Waals surface area contributed by atoms with Crippen LogP contribution in [-0.4, -0.2) is 69.2 Å². The van der Waals surface area contributed by atoms with E-state index in [1.165, 1.54) is 38.5 Å². The van der Waals surface area contributed by atoms with E-state index in [1.807, 2.05) is 26.8 Å². The summed E-state index contributed by atoms with van der Waals surface area (Å²) in [6, 6.07) is 0. The summed E-state index contributed by atoms with van der Waals surface area (Å²) < 4.78 is 16.4. The molecule has 0 heterocycles. The van der Waals surface area contributed by atoms with E-state index in [2.05, 4.69) is 46.5 Å². The van der Waals surface area contributed by atoms with Crippen LogP contribution in [0.5, 0.6) is 0 Å². The zero-order chi connectivity index (χ0) is 33.1. The number of carbonyl (C=O) groups is 3. The Morgan fingerprint density at radius 3 is 1.00 bits per heavy atom. The van der Waals surface area contributed by atoms with Gasteiger partial charge in [-0.15, -0.1) is 0 Å². The topological polar surface area (TPSA) is 78.9 Å². The molecule has 0 aliphatic carbocycles. The monoisotopic (exact) mass is 786 g/mol. The van der Waals surface area contributed by atoms with Gasteiger partial charge >= 0.3 is 285 Å². The molecule has 0 rings (SSSR count). The van der Waals surface area contributed by atoms with Gasteiger partial charge in [-0.25, -0.2) is 0 Å². The summed E-state index contributed by atoms with van der Waals surface area (Å²) in [6.07, 6.45) is 14.5. The summed E-state index contributed by atoms with van der Waals surface area (Å²) in [5.74, 6) is 3.95. The Morgan fingerprint density at radius 2 is 0.750 bits per heavy atom. The number of hydrogen-bond acceptors (Lipinski definition) is 9. The van der Waals surface area contributed by atoms with Gasteiger partial charge in [0.25, 0.3) is 0 Å². The average molecular weight is 786 g/mol. The Balaban J connectivity index is 4.52. The fourth-order valence-electron chi connectivity index (χ4n) is 4.35. The molecule has 0 aromatic carbocycles. The number of rotatable bonds is 30. The van der Waals surface area contributed by atoms with Crippen molar-refractivity contribution in [3.05, 3.63) is 0 Å². The summed E-state index contributed by atoms with van der Waals surface area (Å²) in [5, 5.41) is 0. The van der Waals surface area contributed by atoms with Gasteiger partial charge in [0, 0.05) is 0 Å². The third kappa shape index (κ3) is 30.9. The van der Waals surface area contributed by atoms with Crippen molar-refractivity contribution in [1.29, 1.82) is 0 Å². The second kappa shape index (κ2) is 29.4. The Kier molecular flexibility index (Phi) is 29.6. The first-order valence-corrected chi connectivity index (χ1v) is 33.6. The Labute approximate surface area is 283 Å². The second-order valence-electron chi connectivity index (χ2n) is 13.0. The van der Waals surface area contributed by atoms with E-state index in [0.717, 1.165) is 73.5 Å². The van der Waals surface area contributed by atoms with Crippen LogP contribution in [-0.2, 0) is 28.6 Å². The number of carbonyl (C=O) groups excluding carboxylic acids is 3. The van der Waals surface area contributed by atoms with E-state index in [1.54, 1.807) is 0 Å². The van der Waals surface area contributed by atoms with Crippen molar-refractivity contribution in [1.82, 2.24) is 0 Å². The van der Waals surface area contributed by atoms with Crippen LogP contribution in [0.2, 0.25) is 4.94 Å². The van der Waals surface area contributed by atoms with Gasteiger partial charge in [0.1, 0.15) is 0 Å². The summed E-state index contributed by atoms with van der Waals surface area (Å²) in [4.78, 5) is 39.3. The van der Waals surface area contributed by atoms with Crippen molar-refractivity contribution in [2.75, 3.05) is 37.1 Å². The van der Waals surface area contributed by atoms with Crippen LogP contribution in [0.4, 0.5) is 0 Å². The van der Waals surface area contributed by atoms with Crippen molar-refractivity contribution in [2.45, 2.75) is 143 Å². The van der Waals surface area contributed by atoms with Crippen molar-refractivity contribution >= 4 is 59.0 Å². The Bertz CT molecular complexity index is 643. The molecule has 0 unspecified atom stereocenters. The Morgan fingerprint density at radius 1 is 0.477 bits per heavy atom. The predicted octanol–water partition coefficient (Wildman–Crippen LogP) is 10.2. The van der Waals surface area contributed by atoms with E-state index in [9.17, 15) is 14.4 Å². The number of unbranched alkanes of at least 4 members (excludes halogenated alkanes) is 6. The molecule has 44 heavy (non-hydrogen) atoms. The number of hydrogen-bond donors (Lipinski definition) is 0. The van der Waals surface area contributed by atoms with E-state index in [0.29, 0.717) is 39.1 Å². The van der Waals surface area contributed by atoms with Crippen LogP contribution < -0.4 is 0 Å². The molecule has 0 spiro atoms. The van der Waals surface area contributed by atoms with Crippen molar-refractivity contribution in [3.8, 4) is 0 Å². The first kappa shape index (κ1) is 44.3. The average Bonchev–Trinajstić information content (AvgIpc) is 2.94. The minimum absolute atomic E-state index is 0.126. The molecule has 0 bridgehead atoms. The van der Waals surface area contributed by atoms with Crippen LogP contribution in [0.25, 0.3) is 0 Å². The molecule has 0 saturated carbocycles. The van der Waals surface area contributed by atoms with E-state index < -0.39 is 14.2 Å². The van der Waals surface area contributed by atoms with Gasteiger partial charge in [-0.1, -0.05) is 0 Å². The van der Waals surface area contributed by atoms with Gasteiger partial charge < -0.3 is 0 Å². The summed E-state index contributed by atoms with van der Waals surface area (Å²) >= 11 is -2.87. The minimum atomic E-state index is -2.87. The first-order valence-electron chi connectivity index (χ1n) is 17.3. The third-order valence-corrected chi connectivity index (χ3v) is 42.8. The fraction of sp³-hybridized carbons (Fsp3) is 0.912. The molecular formula is C34H66O6S3Sn. The molecule has 0 aliphatic rings. The maximum absolute atomic E-state index is 12.3.